The van der Waals surface area contributed by atoms with Gasteiger partial charge in [0.1, 0.15) is 5.75 Å². The fraction of sp³-hybridized carbons (Fsp3) is 0.182. The second kappa shape index (κ2) is 5.43. The Morgan fingerprint density at radius 2 is 2.28 bits per heavy atom. The average molecular weight is 383 g/mol. The number of nitrogens with zero attached hydrogens (tertiary/aromatic N) is 1. The van der Waals surface area contributed by atoms with E-state index in [9.17, 15) is 13.6 Å². The first kappa shape index (κ1) is 13.6. The summed E-state index contributed by atoms with van der Waals surface area (Å²) in [6.45, 7) is -1.15. The summed E-state index contributed by atoms with van der Waals surface area (Å²) in [5, 5.41) is 0.616. The van der Waals surface area contributed by atoms with Gasteiger partial charge in [-0.3, -0.25) is 8.77 Å². The van der Waals surface area contributed by atoms with Gasteiger partial charge in [0.15, 0.2) is 6.29 Å². The summed E-state index contributed by atoms with van der Waals surface area (Å²) in [5.41, 5.74) is 1.76. The van der Waals surface area contributed by atoms with Crippen LogP contribution in [0.15, 0.2) is 18.3 Å². The van der Waals surface area contributed by atoms with Gasteiger partial charge in [-0.15, -0.1) is 0 Å². The number of carbonyl (C=O) groups excluding carboxylic acids is 1. The van der Waals surface area contributed by atoms with E-state index in [4.69, 9.17) is 0 Å². The van der Waals surface area contributed by atoms with E-state index in [2.05, 4.69) is 25.9 Å². The fourth-order valence-electron chi connectivity index (χ4n) is 1.87. The van der Waals surface area contributed by atoms with Crippen molar-refractivity contribution in [3.8, 4) is 5.75 Å². The molecule has 0 saturated carbocycles. The largest absolute Gasteiger partial charge is 0.434 e. The molecule has 0 aliphatic rings. The number of benzene rings is 1. The van der Waals surface area contributed by atoms with Crippen LogP contribution in [0.5, 0.6) is 5.75 Å². The zero-order chi connectivity index (χ0) is 13.3. The molecule has 0 amide bonds. The lowest BCUT2D eigenvalue weighted by Gasteiger charge is -2.11. The van der Waals surface area contributed by atoms with Gasteiger partial charge in [0.2, 0.25) is 0 Å². The second-order valence-corrected chi connectivity index (χ2v) is 5.29. The van der Waals surface area contributed by atoms with E-state index < -0.39 is 6.61 Å². The topological polar surface area (TPSA) is 31.2 Å². The number of aryl methyl sites for hydroxylation is 1. The molecule has 18 heavy (non-hydrogen) atoms. The monoisotopic (exact) mass is 383 g/mol. The van der Waals surface area contributed by atoms with Gasteiger partial charge in [0.05, 0.1) is 11.1 Å². The first-order valence-electron chi connectivity index (χ1n) is 4.92. The molecule has 0 aliphatic heterocycles. The lowest BCUT2D eigenvalue weighted by atomic mass is 10.1. The molecule has 0 bridgehead atoms. The Kier molecular flexibility index (Phi) is 4.10. The van der Waals surface area contributed by atoms with Gasteiger partial charge in [0.25, 0.3) is 0 Å². The molecule has 0 fully saturated rings. The van der Waals surface area contributed by atoms with Crippen LogP contribution in [-0.2, 0) is 0 Å². The Morgan fingerprint density at radius 1 is 1.56 bits per heavy atom. The van der Waals surface area contributed by atoms with E-state index >= 15 is 0 Å². The van der Waals surface area contributed by atoms with Crippen molar-refractivity contribution in [3.63, 3.8) is 0 Å². The van der Waals surface area contributed by atoms with Crippen molar-refractivity contribution in [1.82, 2.24) is 3.97 Å². The minimum atomic E-state index is -2.94. The van der Waals surface area contributed by atoms with E-state index in [0.29, 0.717) is 11.7 Å². The minimum absolute atomic E-state index is 0.0822. The molecule has 0 aliphatic carbocycles. The number of rotatable bonds is 4. The van der Waals surface area contributed by atoms with Crippen molar-refractivity contribution in [2.45, 2.75) is 13.5 Å². The molecule has 1 aromatic heterocycles. The molecule has 0 spiro atoms. The lowest BCUT2D eigenvalue weighted by Crippen LogP contribution is -2.05. The molecular weight excluding hydrogens is 375 g/mol. The number of fused-ring (bicyclic) bond motifs is 1. The zero-order valence-corrected chi connectivity index (χ0v) is 12.2. The Morgan fingerprint density at radius 3 is 2.83 bits per heavy atom. The highest BCUT2D eigenvalue weighted by Crippen LogP contribution is 2.34. The smallest absolute Gasteiger partial charge is 0.387 e. The first-order valence-corrected chi connectivity index (χ1v) is 8.23. The molecule has 3 nitrogen and oxygen atoms in total. The Labute approximate surface area is 118 Å². The Balaban J connectivity index is 2.72. The summed E-state index contributed by atoms with van der Waals surface area (Å²) in [6, 6.07) is 3.18. The Bertz CT molecular complexity index is 600. The number of halogens is 3. The van der Waals surface area contributed by atoms with Gasteiger partial charge < -0.3 is 4.74 Å². The number of ether oxygens (including phenoxy) is 1. The fourth-order valence-corrected chi connectivity index (χ4v) is 3.27. The van der Waals surface area contributed by atoms with Crippen LogP contribution in [0.1, 0.15) is 15.9 Å². The van der Waals surface area contributed by atoms with Crippen LogP contribution >= 0.6 is 30.3 Å². The zero-order valence-electron chi connectivity index (χ0n) is 9.19. The van der Waals surface area contributed by atoms with E-state index in [-0.39, 0.29) is 11.3 Å². The van der Waals surface area contributed by atoms with E-state index in [1.54, 1.807) is 19.2 Å². The van der Waals surface area contributed by atoms with Crippen LogP contribution < -0.4 is 4.74 Å². The highest BCUT2D eigenvalue weighted by molar-refractivity contribution is 14.2. The number of aromatic nitrogens is 1. The van der Waals surface area contributed by atoms with Crippen molar-refractivity contribution in [2.24, 2.45) is 0 Å². The van der Waals surface area contributed by atoms with Crippen molar-refractivity contribution >= 4 is 47.5 Å². The van der Waals surface area contributed by atoms with Gasteiger partial charge >= 0.3 is 6.61 Å². The summed E-state index contributed by atoms with van der Waals surface area (Å²) < 4.78 is 30.8. The standard InChI is InChI=1S/C11H8F2INO2S/c1-6-4-9(17-11(12)13)8(5-16)7-2-3-15(18-14)10(6)7/h2-5,11H,1H3. The lowest BCUT2D eigenvalue weighted by molar-refractivity contribution is -0.0499. The number of hydrogen-bond acceptors (Lipinski definition) is 3. The number of hydrogen-bond donors (Lipinski definition) is 0. The number of carbonyl (C=O) groups is 1. The van der Waals surface area contributed by atoms with Gasteiger partial charge in [-0.05, 0) is 24.6 Å². The minimum Gasteiger partial charge on any atom is -0.434 e. The molecule has 1 heterocycles. The van der Waals surface area contributed by atoms with Crippen LogP contribution in [0.3, 0.4) is 0 Å². The normalized spacial score (nSPS) is 11.2. The van der Waals surface area contributed by atoms with Crippen molar-refractivity contribution < 1.29 is 18.3 Å². The van der Waals surface area contributed by atoms with Crippen molar-refractivity contribution in [1.29, 1.82) is 0 Å². The maximum absolute atomic E-state index is 12.3. The van der Waals surface area contributed by atoms with Gasteiger partial charge in [-0.25, -0.2) is 0 Å². The molecule has 0 saturated heterocycles. The average Bonchev–Trinajstić information content (AvgIpc) is 2.73. The second-order valence-electron chi connectivity index (χ2n) is 3.57. The molecule has 2 rings (SSSR count). The molecule has 7 heteroatoms. The van der Waals surface area contributed by atoms with Crippen LogP contribution in [0.2, 0.25) is 0 Å². The summed E-state index contributed by atoms with van der Waals surface area (Å²) >= 11 is 2.11. The third-order valence-electron chi connectivity index (χ3n) is 2.54. The van der Waals surface area contributed by atoms with Crippen molar-refractivity contribution in [3.05, 3.63) is 29.5 Å². The predicted molar refractivity (Wildman–Crippen MR) is 75.7 cm³/mol. The van der Waals surface area contributed by atoms with Gasteiger partial charge in [-0.1, -0.05) is 0 Å². The molecule has 0 unspecified atom stereocenters. The van der Waals surface area contributed by atoms with Gasteiger partial charge in [0, 0.05) is 41.9 Å². The maximum Gasteiger partial charge on any atom is 0.387 e. The summed E-state index contributed by atoms with van der Waals surface area (Å²) in [6.07, 6.45) is 2.33. The van der Waals surface area contributed by atoms with E-state index in [1.165, 1.54) is 15.2 Å². The molecule has 0 atom stereocenters. The number of aldehydes is 1. The van der Waals surface area contributed by atoms with Crippen LogP contribution in [0.25, 0.3) is 10.9 Å². The van der Waals surface area contributed by atoms with E-state index in [1.807, 2.05) is 3.97 Å². The van der Waals surface area contributed by atoms with Crippen molar-refractivity contribution in [2.75, 3.05) is 0 Å². The highest BCUT2D eigenvalue weighted by atomic mass is 127. The van der Waals surface area contributed by atoms with Crippen LogP contribution in [0, 0.1) is 6.92 Å². The molecule has 0 radical (unpaired) electrons. The molecule has 96 valence electrons. The highest BCUT2D eigenvalue weighted by Gasteiger charge is 2.16. The van der Waals surface area contributed by atoms with Crippen LogP contribution in [0.4, 0.5) is 8.78 Å². The third-order valence-corrected chi connectivity index (χ3v) is 4.26. The molecule has 0 N–H and O–H groups in total. The molecule has 1 aromatic carbocycles. The molecular formula is C11H8F2INO2S. The summed E-state index contributed by atoms with van der Waals surface area (Å²) in [5.74, 6) is -0.0822. The Hall–Kier alpha value is -0.830. The van der Waals surface area contributed by atoms with Crippen LogP contribution in [-0.4, -0.2) is 16.9 Å². The third kappa shape index (κ3) is 2.33. The summed E-state index contributed by atoms with van der Waals surface area (Å²) in [4.78, 5) is 11.1. The maximum atomic E-state index is 12.3. The van der Waals surface area contributed by atoms with Gasteiger partial charge in [-0.2, -0.15) is 8.78 Å². The summed E-state index contributed by atoms with van der Waals surface area (Å²) in [7, 11) is 1.44. The number of alkyl halides is 2. The quantitative estimate of drug-likeness (QED) is 0.586. The SMILES string of the molecule is Cc1cc(OC(F)F)c(C=O)c2ccn(SI)c12. The molecule has 2 aromatic rings. The first-order chi connectivity index (χ1) is 8.58. The van der Waals surface area contributed by atoms with E-state index in [0.717, 1.165) is 11.1 Å². The predicted octanol–water partition coefficient (Wildman–Crippen LogP) is 4.21.